The van der Waals surface area contributed by atoms with E-state index in [1.807, 2.05) is 54.6 Å². The lowest BCUT2D eigenvalue weighted by Gasteiger charge is -2.24. The van der Waals surface area contributed by atoms with Crippen LogP contribution >= 0.6 is 0 Å². The number of benzene rings is 2. The second-order valence-corrected chi connectivity index (χ2v) is 4.93. The summed E-state index contributed by atoms with van der Waals surface area (Å²) in [5.41, 5.74) is 8.25. The maximum absolute atomic E-state index is 10.6. The van der Waals surface area contributed by atoms with Gasteiger partial charge in [0.25, 0.3) is 0 Å². The molecular weight excluding hydrogens is 266 g/mol. The van der Waals surface area contributed by atoms with Gasteiger partial charge < -0.3 is 20.5 Å². The average Bonchev–Trinajstić information content (AvgIpc) is 2.85. The van der Waals surface area contributed by atoms with Crippen LogP contribution in [0.1, 0.15) is 17.7 Å². The van der Waals surface area contributed by atoms with Crippen molar-refractivity contribution in [3.05, 3.63) is 60.2 Å². The lowest BCUT2D eigenvalue weighted by atomic mass is 10.0. The first-order valence-corrected chi connectivity index (χ1v) is 6.78. The van der Waals surface area contributed by atoms with Gasteiger partial charge in [0.15, 0.2) is 0 Å². The molecule has 0 amide bonds. The first kappa shape index (κ1) is 13.6. The molecule has 0 bridgehead atoms. The number of anilines is 1. The molecule has 2 atom stereocenters. The van der Waals surface area contributed by atoms with E-state index in [2.05, 4.69) is 4.98 Å². The van der Waals surface area contributed by atoms with Crippen molar-refractivity contribution in [1.82, 2.24) is 9.55 Å². The van der Waals surface area contributed by atoms with Gasteiger partial charge in [0, 0.05) is 0 Å². The Kier molecular flexibility index (Phi) is 3.60. The highest BCUT2D eigenvalue weighted by atomic mass is 16.3. The van der Waals surface area contributed by atoms with E-state index in [0.717, 1.165) is 16.6 Å². The van der Waals surface area contributed by atoms with Gasteiger partial charge in [-0.2, -0.15) is 0 Å². The number of nitrogens with zero attached hydrogens (tertiary/aromatic N) is 2. The number of nitrogens with two attached hydrogens (primary N) is 1. The van der Waals surface area contributed by atoms with E-state index in [1.165, 1.54) is 0 Å². The molecule has 0 aliphatic carbocycles. The molecule has 0 radical (unpaired) electrons. The fraction of sp³-hybridized carbons (Fsp3) is 0.188. The molecule has 5 heteroatoms. The van der Waals surface area contributed by atoms with Gasteiger partial charge in [-0.05, 0) is 17.7 Å². The summed E-state index contributed by atoms with van der Waals surface area (Å²) in [7, 11) is 0. The Hall–Kier alpha value is -2.37. The van der Waals surface area contributed by atoms with Crippen LogP contribution in [0.25, 0.3) is 11.0 Å². The first-order valence-electron chi connectivity index (χ1n) is 6.78. The number of aliphatic hydroxyl groups excluding tert-OH is 2. The third kappa shape index (κ3) is 2.37. The predicted octanol–water partition coefficient (Wildman–Crippen LogP) is 1.89. The molecule has 3 aromatic rings. The van der Waals surface area contributed by atoms with E-state index in [9.17, 15) is 10.2 Å². The number of hydrogen-bond acceptors (Lipinski definition) is 4. The molecule has 1 aromatic heterocycles. The SMILES string of the molecule is Nc1nc2ccccc2n1C(CO)C(O)c1ccccc1. The van der Waals surface area contributed by atoms with Gasteiger partial charge in [-0.3, -0.25) is 0 Å². The van der Waals surface area contributed by atoms with Gasteiger partial charge in [0.2, 0.25) is 5.95 Å². The fourth-order valence-electron chi connectivity index (χ4n) is 2.61. The van der Waals surface area contributed by atoms with E-state index in [-0.39, 0.29) is 12.6 Å². The highest BCUT2D eigenvalue weighted by Gasteiger charge is 2.25. The fourth-order valence-corrected chi connectivity index (χ4v) is 2.61. The zero-order valence-electron chi connectivity index (χ0n) is 11.4. The van der Waals surface area contributed by atoms with Gasteiger partial charge >= 0.3 is 0 Å². The molecule has 0 fully saturated rings. The predicted molar refractivity (Wildman–Crippen MR) is 81.7 cm³/mol. The number of imidazole rings is 1. The Labute approximate surface area is 122 Å². The molecule has 4 N–H and O–H groups in total. The Morgan fingerprint density at radius 1 is 1.05 bits per heavy atom. The van der Waals surface area contributed by atoms with Crippen LogP contribution in [0.4, 0.5) is 5.95 Å². The molecular formula is C16H17N3O2. The molecule has 2 aromatic carbocycles. The summed E-state index contributed by atoms with van der Waals surface area (Å²) in [6.45, 7) is -0.236. The highest BCUT2D eigenvalue weighted by molar-refractivity contribution is 5.78. The molecule has 0 spiro atoms. The van der Waals surface area contributed by atoms with Crippen LogP contribution in [-0.4, -0.2) is 26.4 Å². The molecule has 3 rings (SSSR count). The van der Waals surface area contributed by atoms with Crippen LogP contribution in [0.2, 0.25) is 0 Å². The zero-order valence-corrected chi connectivity index (χ0v) is 11.4. The second-order valence-electron chi connectivity index (χ2n) is 4.93. The third-order valence-electron chi connectivity index (χ3n) is 3.65. The lowest BCUT2D eigenvalue weighted by Crippen LogP contribution is -2.22. The van der Waals surface area contributed by atoms with E-state index >= 15 is 0 Å². The second kappa shape index (κ2) is 5.55. The van der Waals surface area contributed by atoms with Crippen molar-refractivity contribution >= 4 is 17.0 Å². The minimum atomic E-state index is -0.865. The molecule has 5 nitrogen and oxygen atoms in total. The highest BCUT2D eigenvalue weighted by Crippen LogP contribution is 2.31. The number of para-hydroxylation sites is 2. The first-order chi connectivity index (χ1) is 10.2. The van der Waals surface area contributed by atoms with Gasteiger partial charge in [0.05, 0.1) is 23.7 Å². The summed E-state index contributed by atoms with van der Waals surface area (Å²) < 4.78 is 1.69. The zero-order chi connectivity index (χ0) is 14.8. The quantitative estimate of drug-likeness (QED) is 0.682. The van der Waals surface area contributed by atoms with Gasteiger partial charge in [-0.1, -0.05) is 42.5 Å². The smallest absolute Gasteiger partial charge is 0.201 e. The number of aliphatic hydroxyl groups is 2. The minimum absolute atomic E-state index is 0.236. The molecule has 0 saturated heterocycles. The standard InChI is InChI=1S/C16H17N3O2/c17-16-18-12-8-4-5-9-13(12)19(16)14(10-20)15(21)11-6-2-1-3-7-11/h1-9,14-15,20-21H,10H2,(H2,17,18). The topological polar surface area (TPSA) is 84.3 Å². The average molecular weight is 283 g/mol. The van der Waals surface area contributed by atoms with Crippen molar-refractivity contribution in [3.63, 3.8) is 0 Å². The van der Waals surface area contributed by atoms with Crippen molar-refractivity contribution in [2.24, 2.45) is 0 Å². The van der Waals surface area contributed by atoms with Crippen molar-refractivity contribution in [1.29, 1.82) is 0 Å². The molecule has 1 heterocycles. The Balaban J connectivity index is 2.08. The van der Waals surface area contributed by atoms with Crippen LogP contribution in [0, 0.1) is 0 Å². The molecule has 0 saturated carbocycles. The molecule has 108 valence electrons. The summed E-state index contributed by atoms with van der Waals surface area (Å²) in [6.07, 6.45) is -0.865. The van der Waals surface area contributed by atoms with E-state index in [0.29, 0.717) is 0 Å². The van der Waals surface area contributed by atoms with Crippen molar-refractivity contribution < 1.29 is 10.2 Å². The Morgan fingerprint density at radius 3 is 2.43 bits per heavy atom. The van der Waals surface area contributed by atoms with Crippen LogP contribution in [-0.2, 0) is 0 Å². The van der Waals surface area contributed by atoms with Gasteiger partial charge in [0.1, 0.15) is 6.10 Å². The van der Waals surface area contributed by atoms with Crippen LogP contribution in [0.5, 0.6) is 0 Å². The van der Waals surface area contributed by atoms with Gasteiger partial charge in [-0.25, -0.2) is 4.98 Å². The molecule has 21 heavy (non-hydrogen) atoms. The molecule has 0 aliphatic rings. The Morgan fingerprint density at radius 2 is 1.71 bits per heavy atom. The summed E-state index contributed by atoms with van der Waals surface area (Å²) in [4.78, 5) is 4.28. The maximum Gasteiger partial charge on any atom is 0.201 e. The molecule has 2 unspecified atom stereocenters. The van der Waals surface area contributed by atoms with E-state index < -0.39 is 12.1 Å². The van der Waals surface area contributed by atoms with Gasteiger partial charge in [-0.15, -0.1) is 0 Å². The summed E-state index contributed by atoms with van der Waals surface area (Å²) in [5.74, 6) is 0.283. The summed E-state index contributed by atoms with van der Waals surface area (Å²) >= 11 is 0. The third-order valence-corrected chi connectivity index (χ3v) is 3.65. The largest absolute Gasteiger partial charge is 0.394 e. The Bertz CT molecular complexity index is 740. The maximum atomic E-state index is 10.6. The lowest BCUT2D eigenvalue weighted by molar-refractivity contribution is 0.0760. The van der Waals surface area contributed by atoms with E-state index in [4.69, 9.17) is 5.73 Å². The number of hydrogen-bond donors (Lipinski definition) is 3. The molecule has 0 aliphatic heterocycles. The summed E-state index contributed by atoms with van der Waals surface area (Å²) in [5, 5.41) is 20.3. The van der Waals surface area contributed by atoms with E-state index in [1.54, 1.807) is 4.57 Å². The van der Waals surface area contributed by atoms with Crippen LogP contribution < -0.4 is 5.73 Å². The number of rotatable bonds is 4. The number of aromatic nitrogens is 2. The van der Waals surface area contributed by atoms with Crippen LogP contribution in [0.3, 0.4) is 0 Å². The van der Waals surface area contributed by atoms with Crippen molar-refractivity contribution in [2.45, 2.75) is 12.1 Å². The summed E-state index contributed by atoms with van der Waals surface area (Å²) in [6, 6.07) is 16.1. The number of fused-ring (bicyclic) bond motifs is 1. The number of nitrogen functional groups attached to an aromatic ring is 1. The van der Waals surface area contributed by atoms with Crippen molar-refractivity contribution in [3.8, 4) is 0 Å². The van der Waals surface area contributed by atoms with Crippen molar-refractivity contribution in [2.75, 3.05) is 12.3 Å². The normalized spacial score (nSPS) is 14.2. The monoisotopic (exact) mass is 283 g/mol. The minimum Gasteiger partial charge on any atom is -0.394 e. The van der Waals surface area contributed by atoms with Crippen LogP contribution in [0.15, 0.2) is 54.6 Å².